The van der Waals surface area contributed by atoms with Gasteiger partial charge in [-0.25, -0.2) is 0 Å². The molecule has 1 N–H and O–H groups in total. The number of hydrogen-bond donors (Lipinski definition) is 1. The summed E-state index contributed by atoms with van der Waals surface area (Å²) in [4.78, 5) is 5.08. The van der Waals surface area contributed by atoms with Crippen molar-refractivity contribution in [3.05, 3.63) is 107 Å². The Morgan fingerprint density at radius 1 is 0.923 bits per heavy atom. The number of nitrogens with zero attached hydrogens (tertiary/aromatic N) is 1. The highest BCUT2D eigenvalue weighted by Crippen LogP contribution is 2.41. The highest BCUT2D eigenvalue weighted by Gasteiger charge is 2.42. The minimum atomic E-state index is -0.281. The highest BCUT2D eigenvalue weighted by atomic mass is 35.5. The minimum absolute atomic E-state index is 0.0280. The molecule has 1 aliphatic heterocycles. The van der Waals surface area contributed by atoms with Gasteiger partial charge in [0.25, 0.3) is 0 Å². The zero-order chi connectivity index (χ0) is 18.0. The molecule has 0 fully saturated rings. The van der Waals surface area contributed by atoms with Gasteiger partial charge in [-0.15, -0.1) is 0 Å². The number of nitrogens with one attached hydrogen (secondary N) is 1. The molecule has 2 nitrogen and oxygen atoms in total. The highest BCUT2D eigenvalue weighted by molar-refractivity contribution is 6.30. The predicted octanol–water partition coefficient (Wildman–Crippen LogP) is 5.54. The summed E-state index contributed by atoms with van der Waals surface area (Å²) in [5.74, 6) is 0.993. The van der Waals surface area contributed by atoms with Crippen LogP contribution >= 0.6 is 11.6 Å². The Kier molecular flexibility index (Phi) is 4.52. The van der Waals surface area contributed by atoms with Crippen molar-refractivity contribution >= 4 is 17.4 Å². The van der Waals surface area contributed by atoms with Gasteiger partial charge in [-0.1, -0.05) is 84.4 Å². The van der Waals surface area contributed by atoms with Crippen molar-refractivity contribution < 1.29 is 0 Å². The van der Waals surface area contributed by atoms with E-state index in [9.17, 15) is 0 Å². The van der Waals surface area contributed by atoms with Crippen molar-refractivity contribution in [3.8, 4) is 0 Å². The van der Waals surface area contributed by atoms with E-state index in [-0.39, 0.29) is 11.6 Å². The second-order valence-electron chi connectivity index (χ2n) is 6.89. The lowest BCUT2D eigenvalue weighted by atomic mass is 9.82. The maximum Gasteiger partial charge on any atom is 0.104 e. The molecule has 1 aliphatic rings. The molecule has 0 aliphatic carbocycles. The Morgan fingerprint density at radius 2 is 1.62 bits per heavy atom. The van der Waals surface area contributed by atoms with E-state index >= 15 is 0 Å². The van der Waals surface area contributed by atoms with Gasteiger partial charge in [0.1, 0.15) is 11.9 Å². The lowest BCUT2D eigenvalue weighted by Crippen LogP contribution is -2.42. The van der Waals surface area contributed by atoms with Crippen molar-refractivity contribution in [3.63, 3.8) is 0 Å². The Labute approximate surface area is 159 Å². The van der Waals surface area contributed by atoms with Crippen LogP contribution in [0.1, 0.15) is 29.7 Å². The summed E-state index contributed by atoms with van der Waals surface area (Å²) >= 11 is 6.15. The van der Waals surface area contributed by atoms with Gasteiger partial charge in [0.15, 0.2) is 0 Å². The number of rotatable bonds is 4. The standard InChI is InChI=1S/C23H21ClN2/c1-23(19-12-6-3-7-13-19)22(18-10-4-2-5-11-18)25-21(26-23)16-17-9-8-14-20(24)15-17/h2-15,22H,16H2,1H3,(H,25,26). The Morgan fingerprint density at radius 3 is 2.31 bits per heavy atom. The second kappa shape index (κ2) is 6.97. The molecule has 2 atom stereocenters. The maximum atomic E-state index is 6.15. The van der Waals surface area contributed by atoms with Crippen LogP contribution in [0.3, 0.4) is 0 Å². The maximum absolute atomic E-state index is 6.15. The first kappa shape index (κ1) is 16.9. The Hall–Kier alpha value is -2.58. The van der Waals surface area contributed by atoms with Crippen LogP contribution < -0.4 is 5.32 Å². The Balaban J connectivity index is 1.71. The SMILES string of the molecule is CC1(c2ccccc2)NC(Cc2cccc(Cl)c2)=NC1c1ccccc1. The number of hydrogen-bond acceptors (Lipinski definition) is 2. The molecule has 0 saturated heterocycles. The molecule has 130 valence electrons. The summed E-state index contributed by atoms with van der Waals surface area (Å²) in [7, 11) is 0. The molecule has 0 bridgehead atoms. The average molecular weight is 361 g/mol. The van der Waals surface area contributed by atoms with Crippen LogP contribution in [0.5, 0.6) is 0 Å². The van der Waals surface area contributed by atoms with Crippen LogP contribution in [0.15, 0.2) is 89.9 Å². The van der Waals surface area contributed by atoms with Gasteiger partial charge in [-0.2, -0.15) is 0 Å². The fourth-order valence-corrected chi connectivity index (χ4v) is 3.89. The third-order valence-electron chi connectivity index (χ3n) is 4.99. The van der Waals surface area contributed by atoms with E-state index in [0.717, 1.165) is 22.8 Å². The molecule has 0 saturated carbocycles. The lowest BCUT2D eigenvalue weighted by Gasteiger charge is -2.32. The van der Waals surface area contributed by atoms with Gasteiger partial charge >= 0.3 is 0 Å². The van der Waals surface area contributed by atoms with Gasteiger partial charge in [-0.3, -0.25) is 4.99 Å². The molecule has 0 radical (unpaired) electrons. The van der Waals surface area contributed by atoms with Crippen LogP contribution in [-0.4, -0.2) is 5.84 Å². The molecule has 0 spiro atoms. The second-order valence-corrected chi connectivity index (χ2v) is 7.33. The largest absolute Gasteiger partial charge is 0.362 e. The van der Waals surface area contributed by atoms with Gasteiger partial charge in [0.05, 0.1) is 5.54 Å². The Bertz CT molecular complexity index is 921. The minimum Gasteiger partial charge on any atom is -0.362 e. The molecule has 3 heteroatoms. The van der Waals surface area contributed by atoms with Crippen molar-refractivity contribution in [2.45, 2.75) is 24.9 Å². The quantitative estimate of drug-likeness (QED) is 0.649. The summed E-state index contributed by atoms with van der Waals surface area (Å²) < 4.78 is 0. The third kappa shape index (κ3) is 3.25. The van der Waals surface area contributed by atoms with Gasteiger partial charge in [-0.05, 0) is 35.7 Å². The number of aliphatic imine (C=N–C) groups is 1. The van der Waals surface area contributed by atoms with Gasteiger partial charge < -0.3 is 5.32 Å². The van der Waals surface area contributed by atoms with Crippen LogP contribution in [0.25, 0.3) is 0 Å². The normalized spacial score (nSPS) is 21.9. The van der Waals surface area contributed by atoms with Crippen molar-refractivity contribution in [2.75, 3.05) is 0 Å². The van der Waals surface area contributed by atoms with Crippen molar-refractivity contribution in [1.82, 2.24) is 5.32 Å². The molecule has 4 rings (SSSR count). The van der Waals surface area contributed by atoms with E-state index < -0.39 is 0 Å². The van der Waals surface area contributed by atoms with E-state index in [1.54, 1.807) is 0 Å². The topological polar surface area (TPSA) is 24.4 Å². The predicted molar refractivity (Wildman–Crippen MR) is 109 cm³/mol. The van der Waals surface area contributed by atoms with Crippen molar-refractivity contribution in [1.29, 1.82) is 0 Å². The number of benzene rings is 3. The molecule has 2 unspecified atom stereocenters. The van der Waals surface area contributed by atoms with E-state index in [2.05, 4.69) is 66.8 Å². The van der Waals surface area contributed by atoms with Crippen molar-refractivity contribution in [2.24, 2.45) is 4.99 Å². The molecule has 0 aromatic heterocycles. The van der Waals surface area contributed by atoms with E-state index in [1.165, 1.54) is 11.1 Å². The van der Waals surface area contributed by atoms with E-state index in [4.69, 9.17) is 16.6 Å². The first-order chi connectivity index (χ1) is 12.6. The summed E-state index contributed by atoms with van der Waals surface area (Å²) in [6, 6.07) is 29.0. The lowest BCUT2D eigenvalue weighted by molar-refractivity contribution is 0.385. The fourth-order valence-electron chi connectivity index (χ4n) is 3.67. The van der Waals surface area contributed by atoms with Crippen LogP contribution in [0, 0.1) is 0 Å². The van der Waals surface area contributed by atoms with Crippen LogP contribution in [-0.2, 0) is 12.0 Å². The first-order valence-electron chi connectivity index (χ1n) is 8.85. The molecular formula is C23H21ClN2. The summed E-state index contributed by atoms with van der Waals surface area (Å²) in [6.45, 7) is 2.23. The monoisotopic (exact) mass is 360 g/mol. The zero-order valence-corrected chi connectivity index (χ0v) is 15.4. The summed E-state index contributed by atoms with van der Waals surface area (Å²) in [5, 5.41) is 4.46. The van der Waals surface area contributed by atoms with E-state index in [1.807, 2.05) is 30.3 Å². The molecule has 3 aromatic carbocycles. The molecule has 1 heterocycles. The zero-order valence-electron chi connectivity index (χ0n) is 14.7. The summed E-state index contributed by atoms with van der Waals surface area (Å²) in [5.41, 5.74) is 3.33. The van der Waals surface area contributed by atoms with Crippen LogP contribution in [0.2, 0.25) is 5.02 Å². The first-order valence-corrected chi connectivity index (χ1v) is 9.23. The summed E-state index contributed by atoms with van der Waals surface area (Å²) in [6.07, 6.45) is 0.742. The average Bonchev–Trinajstić information content (AvgIpc) is 3.01. The third-order valence-corrected chi connectivity index (χ3v) is 5.22. The number of halogens is 1. The van der Waals surface area contributed by atoms with Gasteiger partial charge in [0, 0.05) is 11.4 Å². The smallest absolute Gasteiger partial charge is 0.104 e. The number of amidine groups is 1. The van der Waals surface area contributed by atoms with Crippen LogP contribution in [0.4, 0.5) is 0 Å². The van der Waals surface area contributed by atoms with Gasteiger partial charge in [0.2, 0.25) is 0 Å². The molecular weight excluding hydrogens is 340 g/mol. The molecule has 0 amide bonds. The van der Waals surface area contributed by atoms with E-state index in [0.29, 0.717) is 0 Å². The molecule has 3 aromatic rings. The fraction of sp³-hybridized carbons (Fsp3) is 0.174. The molecule has 26 heavy (non-hydrogen) atoms.